The third-order valence-corrected chi connectivity index (χ3v) is 12.8. The minimum absolute atomic E-state index is 0.0499. The molecule has 6 heteroatoms. The molecule has 1 amide bonds. The van der Waals surface area contributed by atoms with Gasteiger partial charge in [0.05, 0.1) is 25.2 Å². The van der Waals surface area contributed by atoms with Gasteiger partial charge < -0.3 is 20.3 Å². The van der Waals surface area contributed by atoms with Crippen LogP contribution in [0.15, 0.2) is 60.8 Å². The van der Waals surface area contributed by atoms with Crippen LogP contribution in [0.5, 0.6) is 0 Å². The molecule has 384 valence electrons. The molecule has 6 nitrogen and oxygen atoms in total. The number of hydrogen-bond donors (Lipinski definition) is 3. The van der Waals surface area contributed by atoms with Crippen molar-refractivity contribution in [3.8, 4) is 0 Å². The average molecular weight is 925 g/mol. The van der Waals surface area contributed by atoms with E-state index >= 15 is 0 Å². The van der Waals surface area contributed by atoms with E-state index < -0.39 is 18.2 Å². The Morgan fingerprint density at radius 1 is 0.439 bits per heavy atom. The Balaban J connectivity index is 4.60. The third kappa shape index (κ3) is 48.0. The van der Waals surface area contributed by atoms with Gasteiger partial charge in [0.15, 0.2) is 0 Å². The van der Waals surface area contributed by atoms with Crippen LogP contribution < -0.4 is 5.32 Å². The van der Waals surface area contributed by atoms with Gasteiger partial charge in [-0.2, -0.15) is 0 Å². The number of nitrogens with one attached hydrogen (secondary N) is 1. The van der Waals surface area contributed by atoms with Crippen molar-refractivity contribution in [1.29, 1.82) is 0 Å². The Morgan fingerprint density at radius 3 is 1.23 bits per heavy atom. The summed E-state index contributed by atoms with van der Waals surface area (Å²) in [6.45, 7) is 6.45. The number of amides is 1. The Hall–Kier alpha value is -2.44. The number of esters is 1. The van der Waals surface area contributed by atoms with Gasteiger partial charge in [0.1, 0.15) is 6.10 Å². The van der Waals surface area contributed by atoms with E-state index in [4.69, 9.17) is 4.74 Å². The zero-order chi connectivity index (χ0) is 48.1. The number of carbonyl (C=O) groups is 2. The molecule has 0 aromatic rings. The van der Waals surface area contributed by atoms with Crippen molar-refractivity contribution < 1.29 is 24.5 Å². The van der Waals surface area contributed by atoms with E-state index in [2.05, 4.69) is 86.8 Å². The average Bonchev–Trinajstić information content (AvgIpc) is 3.31. The second-order valence-electron chi connectivity index (χ2n) is 19.3. The number of hydrogen-bond acceptors (Lipinski definition) is 5. The molecule has 0 aliphatic carbocycles. The summed E-state index contributed by atoms with van der Waals surface area (Å²) >= 11 is 0. The largest absolute Gasteiger partial charge is 0.462 e. The van der Waals surface area contributed by atoms with E-state index in [0.717, 1.165) is 70.6 Å². The minimum atomic E-state index is -0.801. The first-order valence-corrected chi connectivity index (χ1v) is 28.5. The summed E-state index contributed by atoms with van der Waals surface area (Å²) in [7, 11) is 0. The lowest BCUT2D eigenvalue weighted by molar-refractivity contribution is -0.151. The topological polar surface area (TPSA) is 95.9 Å². The molecule has 66 heavy (non-hydrogen) atoms. The molecule has 0 fully saturated rings. The Morgan fingerprint density at radius 2 is 0.773 bits per heavy atom. The SMILES string of the molecule is CCCCC/C=C\C/C=C\C/C=C\C/C=C\CCCC(=O)OC(CCCCCCC/C=C\CCCCCC)CC(=O)NC(CO)C(O)CCCCCCCCCCCCCCCCCCC. The van der Waals surface area contributed by atoms with Crippen LogP contribution >= 0.6 is 0 Å². The van der Waals surface area contributed by atoms with Gasteiger partial charge in [-0.25, -0.2) is 0 Å². The van der Waals surface area contributed by atoms with E-state index in [1.54, 1.807) is 0 Å². The maximum absolute atomic E-state index is 13.2. The highest BCUT2D eigenvalue weighted by Crippen LogP contribution is 2.18. The number of aliphatic hydroxyl groups is 2. The molecule has 3 unspecified atom stereocenters. The first-order valence-electron chi connectivity index (χ1n) is 28.5. The van der Waals surface area contributed by atoms with Gasteiger partial charge >= 0.3 is 5.97 Å². The Kier molecular flexibility index (Phi) is 51.5. The van der Waals surface area contributed by atoms with Crippen molar-refractivity contribution in [2.24, 2.45) is 0 Å². The molecule has 0 bridgehead atoms. The fourth-order valence-corrected chi connectivity index (χ4v) is 8.48. The van der Waals surface area contributed by atoms with E-state index in [1.165, 1.54) is 161 Å². The lowest BCUT2D eigenvalue weighted by Gasteiger charge is -2.24. The molecule has 0 aromatic carbocycles. The molecule has 0 rings (SSSR count). The van der Waals surface area contributed by atoms with Gasteiger partial charge in [-0.3, -0.25) is 9.59 Å². The van der Waals surface area contributed by atoms with Crippen molar-refractivity contribution in [2.45, 2.75) is 302 Å². The summed E-state index contributed by atoms with van der Waals surface area (Å²) < 4.78 is 5.92. The number of allylic oxidation sites excluding steroid dienone is 10. The molecule has 3 atom stereocenters. The van der Waals surface area contributed by atoms with Gasteiger partial charge in [-0.15, -0.1) is 0 Å². The van der Waals surface area contributed by atoms with Gasteiger partial charge in [-0.1, -0.05) is 242 Å². The van der Waals surface area contributed by atoms with Crippen LogP contribution in [-0.2, 0) is 14.3 Å². The number of ether oxygens (including phenoxy) is 1. The first kappa shape index (κ1) is 63.6. The molecule has 0 aliphatic heterocycles. The maximum atomic E-state index is 13.2. The Bertz CT molecular complexity index is 1170. The van der Waals surface area contributed by atoms with Crippen molar-refractivity contribution in [3.05, 3.63) is 60.8 Å². The van der Waals surface area contributed by atoms with E-state index in [1.807, 2.05) is 0 Å². The van der Waals surface area contributed by atoms with Gasteiger partial charge in [0.2, 0.25) is 5.91 Å². The van der Waals surface area contributed by atoms with E-state index in [9.17, 15) is 19.8 Å². The number of unbranched alkanes of at least 4 members (excludes halogenated alkanes) is 29. The molecule has 0 saturated carbocycles. The zero-order valence-electron chi connectivity index (χ0n) is 43.8. The molecular weight excluding hydrogens is 815 g/mol. The summed E-state index contributed by atoms with van der Waals surface area (Å²) in [6, 6.07) is -0.717. The Labute approximate surface area is 409 Å². The fourth-order valence-electron chi connectivity index (χ4n) is 8.48. The van der Waals surface area contributed by atoms with Gasteiger partial charge in [0.25, 0.3) is 0 Å². The smallest absolute Gasteiger partial charge is 0.306 e. The van der Waals surface area contributed by atoms with Gasteiger partial charge in [-0.05, 0) is 89.9 Å². The zero-order valence-corrected chi connectivity index (χ0v) is 43.8. The third-order valence-electron chi connectivity index (χ3n) is 12.8. The van der Waals surface area contributed by atoms with Crippen LogP contribution in [0.2, 0.25) is 0 Å². The summed E-state index contributed by atoms with van der Waals surface area (Å²) in [6.07, 6.45) is 67.1. The molecular formula is C60H109NO5. The van der Waals surface area contributed by atoms with Gasteiger partial charge in [0, 0.05) is 6.42 Å². The monoisotopic (exact) mass is 924 g/mol. The normalized spacial score (nSPS) is 13.6. The number of rotatable bonds is 51. The molecule has 0 saturated heterocycles. The quantitative estimate of drug-likeness (QED) is 0.0321. The number of carbonyl (C=O) groups excluding carboxylic acids is 2. The minimum Gasteiger partial charge on any atom is -0.462 e. The lowest BCUT2D eigenvalue weighted by Crippen LogP contribution is -2.46. The van der Waals surface area contributed by atoms with E-state index in [-0.39, 0.29) is 24.9 Å². The second-order valence-corrected chi connectivity index (χ2v) is 19.3. The second kappa shape index (κ2) is 53.5. The van der Waals surface area contributed by atoms with Crippen molar-refractivity contribution in [2.75, 3.05) is 6.61 Å². The van der Waals surface area contributed by atoms with Crippen LogP contribution in [0, 0.1) is 0 Å². The van der Waals surface area contributed by atoms with Crippen LogP contribution in [-0.4, -0.2) is 46.9 Å². The predicted molar refractivity (Wildman–Crippen MR) is 287 cm³/mol. The van der Waals surface area contributed by atoms with Crippen LogP contribution in [0.3, 0.4) is 0 Å². The molecule has 0 aliphatic rings. The van der Waals surface area contributed by atoms with Crippen molar-refractivity contribution in [3.63, 3.8) is 0 Å². The predicted octanol–water partition coefficient (Wildman–Crippen LogP) is 17.6. The fraction of sp³-hybridized carbons (Fsp3) is 0.800. The maximum Gasteiger partial charge on any atom is 0.306 e. The highest BCUT2D eigenvalue weighted by Gasteiger charge is 2.24. The molecule has 0 aromatic heterocycles. The van der Waals surface area contributed by atoms with Crippen LogP contribution in [0.25, 0.3) is 0 Å². The lowest BCUT2D eigenvalue weighted by atomic mass is 10.0. The van der Waals surface area contributed by atoms with Crippen LogP contribution in [0.4, 0.5) is 0 Å². The van der Waals surface area contributed by atoms with E-state index in [0.29, 0.717) is 25.7 Å². The highest BCUT2D eigenvalue weighted by atomic mass is 16.5. The molecule has 0 heterocycles. The summed E-state index contributed by atoms with van der Waals surface area (Å²) in [5.41, 5.74) is 0. The van der Waals surface area contributed by atoms with Crippen LogP contribution in [0.1, 0.15) is 284 Å². The first-order chi connectivity index (χ1) is 32.5. The summed E-state index contributed by atoms with van der Waals surface area (Å²) in [5, 5.41) is 23.9. The number of aliphatic hydroxyl groups excluding tert-OH is 2. The molecule has 3 N–H and O–H groups in total. The summed E-state index contributed by atoms with van der Waals surface area (Å²) in [4.78, 5) is 26.2. The molecule has 0 radical (unpaired) electrons. The summed E-state index contributed by atoms with van der Waals surface area (Å²) in [5.74, 6) is -0.543. The molecule has 0 spiro atoms. The van der Waals surface area contributed by atoms with Crippen molar-refractivity contribution >= 4 is 11.9 Å². The van der Waals surface area contributed by atoms with Crippen molar-refractivity contribution in [1.82, 2.24) is 5.32 Å². The highest BCUT2D eigenvalue weighted by molar-refractivity contribution is 5.77. The standard InChI is InChI=1S/C60H109NO5/c1-4-7-10-13-16-19-22-25-27-29-31-34-37-40-43-46-49-52-58(63)57(55-62)61-59(64)54-56(51-48-45-42-39-36-33-24-21-18-15-12-9-6-3)66-60(65)53-50-47-44-41-38-35-32-30-28-26-23-20-17-14-11-8-5-2/h17,20-21,24,26,28,32,35,41,44,56-58,62-63H,4-16,18-19,22-23,25,27,29-31,33-34,36-40,42-43,45-55H2,1-3H3,(H,61,64)/b20-17-,24-21-,28-26-,35-32-,44-41-.